The number of halogens is 1. The van der Waals surface area contributed by atoms with Gasteiger partial charge in [0, 0.05) is 23.1 Å². The Morgan fingerprint density at radius 3 is 2.71 bits per heavy atom. The Bertz CT molecular complexity index is 472. The number of piperidine rings is 1. The van der Waals surface area contributed by atoms with Crippen LogP contribution in [-0.2, 0) is 0 Å². The van der Waals surface area contributed by atoms with Crippen LogP contribution in [0.4, 0.5) is 0 Å². The van der Waals surface area contributed by atoms with Crippen molar-refractivity contribution in [2.45, 2.75) is 45.7 Å². The average Bonchev–Trinajstić information content (AvgIpc) is 2.46. The molecule has 0 spiro atoms. The summed E-state index contributed by atoms with van der Waals surface area (Å²) in [6.45, 7) is 10.1. The Balaban J connectivity index is 1.79. The normalized spacial score (nSPS) is 18.5. The Kier molecular flexibility index (Phi) is 6.46. The lowest BCUT2D eigenvalue weighted by Crippen LogP contribution is -2.43. The molecule has 1 fully saturated rings. The van der Waals surface area contributed by atoms with Crippen LogP contribution in [0.1, 0.15) is 45.2 Å². The maximum Gasteiger partial charge on any atom is 0.0294 e. The summed E-state index contributed by atoms with van der Waals surface area (Å²) in [4.78, 5) is 2.55. The molecule has 1 aliphatic heterocycles. The van der Waals surface area contributed by atoms with E-state index in [1.165, 1.54) is 37.1 Å². The van der Waals surface area contributed by atoms with Crippen molar-refractivity contribution >= 4 is 15.9 Å². The molecule has 2 rings (SSSR count). The summed E-state index contributed by atoms with van der Waals surface area (Å²) < 4.78 is 1.16. The highest BCUT2D eigenvalue weighted by Gasteiger charge is 2.20. The van der Waals surface area contributed by atoms with Gasteiger partial charge in [-0.1, -0.05) is 39.7 Å². The topological polar surface area (TPSA) is 15.3 Å². The fraction of sp³-hybridized carbons (Fsp3) is 0.556. The molecule has 0 aromatic heterocycles. The summed E-state index contributed by atoms with van der Waals surface area (Å²) in [5.74, 6) is 0. The second-order valence-corrected chi connectivity index (χ2v) is 7.22. The lowest BCUT2D eigenvalue weighted by atomic mass is 10.0. The molecule has 1 heterocycles. The van der Waals surface area contributed by atoms with E-state index in [-0.39, 0.29) is 0 Å². The predicted molar refractivity (Wildman–Crippen MR) is 94.6 cm³/mol. The van der Waals surface area contributed by atoms with E-state index in [4.69, 9.17) is 0 Å². The van der Waals surface area contributed by atoms with Crippen LogP contribution in [0.3, 0.4) is 0 Å². The standard InChI is InChI=1S/C18H27BrN2/c1-14(2)7-10-21-11-8-18(9-12-21)20-15(3)16-5-4-6-17(19)13-16/h4-7,13,15,18,20H,8-12H2,1-3H3. The van der Waals surface area contributed by atoms with E-state index in [2.05, 4.69) is 77.3 Å². The molecule has 1 aromatic carbocycles. The molecule has 0 amide bonds. The van der Waals surface area contributed by atoms with Crippen molar-refractivity contribution in [2.75, 3.05) is 19.6 Å². The van der Waals surface area contributed by atoms with E-state index in [1.54, 1.807) is 0 Å². The van der Waals surface area contributed by atoms with Gasteiger partial charge >= 0.3 is 0 Å². The molecule has 0 radical (unpaired) electrons. The van der Waals surface area contributed by atoms with Gasteiger partial charge in [0.2, 0.25) is 0 Å². The van der Waals surface area contributed by atoms with Crippen LogP contribution in [0.2, 0.25) is 0 Å². The van der Waals surface area contributed by atoms with Gasteiger partial charge in [-0.3, -0.25) is 4.90 Å². The van der Waals surface area contributed by atoms with Crippen LogP contribution in [0.25, 0.3) is 0 Å². The average molecular weight is 351 g/mol. The Hall–Kier alpha value is -0.640. The van der Waals surface area contributed by atoms with Crippen molar-refractivity contribution in [3.05, 3.63) is 46.0 Å². The molecule has 1 unspecified atom stereocenters. The first-order valence-electron chi connectivity index (χ1n) is 7.92. The molecule has 3 heteroatoms. The first kappa shape index (κ1) is 16.7. The van der Waals surface area contributed by atoms with Gasteiger partial charge in [0.25, 0.3) is 0 Å². The third kappa shape index (κ3) is 5.57. The number of rotatable bonds is 5. The lowest BCUT2D eigenvalue weighted by molar-refractivity contribution is 0.208. The smallest absolute Gasteiger partial charge is 0.0294 e. The van der Waals surface area contributed by atoms with E-state index >= 15 is 0 Å². The van der Waals surface area contributed by atoms with E-state index in [0.29, 0.717) is 12.1 Å². The van der Waals surface area contributed by atoms with Gasteiger partial charge in [-0.2, -0.15) is 0 Å². The van der Waals surface area contributed by atoms with Crippen LogP contribution in [-0.4, -0.2) is 30.6 Å². The largest absolute Gasteiger partial charge is 0.307 e. The van der Waals surface area contributed by atoms with Crippen molar-refractivity contribution < 1.29 is 0 Å². The van der Waals surface area contributed by atoms with Crippen molar-refractivity contribution in [2.24, 2.45) is 0 Å². The van der Waals surface area contributed by atoms with Crippen LogP contribution < -0.4 is 5.32 Å². The Labute approximate surface area is 137 Å². The molecule has 2 nitrogen and oxygen atoms in total. The molecule has 0 saturated carbocycles. The first-order chi connectivity index (χ1) is 10.0. The van der Waals surface area contributed by atoms with Gasteiger partial charge in [-0.05, 0) is 64.4 Å². The van der Waals surface area contributed by atoms with E-state index in [9.17, 15) is 0 Å². The molecule has 0 aliphatic carbocycles. The number of nitrogens with zero attached hydrogens (tertiary/aromatic N) is 1. The highest BCUT2D eigenvalue weighted by Crippen LogP contribution is 2.20. The third-order valence-electron chi connectivity index (χ3n) is 4.18. The molecular weight excluding hydrogens is 324 g/mol. The maximum atomic E-state index is 3.78. The summed E-state index contributed by atoms with van der Waals surface area (Å²) >= 11 is 3.55. The van der Waals surface area contributed by atoms with Crippen LogP contribution in [0.15, 0.2) is 40.4 Å². The quantitative estimate of drug-likeness (QED) is 0.784. The monoisotopic (exact) mass is 350 g/mol. The summed E-state index contributed by atoms with van der Waals surface area (Å²) in [5.41, 5.74) is 2.77. The molecule has 1 atom stereocenters. The van der Waals surface area contributed by atoms with Crippen molar-refractivity contribution in [1.29, 1.82) is 0 Å². The molecule has 1 N–H and O–H groups in total. The fourth-order valence-corrected chi connectivity index (χ4v) is 3.24. The van der Waals surface area contributed by atoms with E-state index < -0.39 is 0 Å². The summed E-state index contributed by atoms with van der Waals surface area (Å²) in [5, 5.41) is 3.78. The summed E-state index contributed by atoms with van der Waals surface area (Å²) in [7, 11) is 0. The van der Waals surface area contributed by atoms with E-state index in [1.807, 2.05) is 0 Å². The third-order valence-corrected chi connectivity index (χ3v) is 4.67. The molecule has 21 heavy (non-hydrogen) atoms. The Morgan fingerprint density at radius 1 is 1.38 bits per heavy atom. The van der Waals surface area contributed by atoms with Crippen LogP contribution in [0.5, 0.6) is 0 Å². The zero-order chi connectivity index (χ0) is 15.2. The lowest BCUT2D eigenvalue weighted by Gasteiger charge is -2.33. The van der Waals surface area contributed by atoms with Crippen molar-refractivity contribution in [3.8, 4) is 0 Å². The van der Waals surface area contributed by atoms with Crippen molar-refractivity contribution in [3.63, 3.8) is 0 Å². The second kappa shape index (κ2) is 8.11. The van der Waals surface area contributed by atoms with Crippen LogP contribution >= 0.6 is 15.9 Å². The minimum atomic E-state index is 0.414. The van der Waals surface area contributed by atoms with Gasteiger partial charge in [0.15, 0.2) is 0 Å². The van der Waals surface area contributed by atoms with E-state index in [0.717, 1.165) is 11.0 Å². The predicted octanol–water partition coefficient (Wildman–Crippen LogP) is 4.53. The van der Waals surface area contributed by atoms with Crippen molar-refractivity contribution in [1.82, 2.24) is 10.2 Å². The maximum absolute atomic E-state index is 3.78. The first-order valence-corrected chi connectivity index (χ1v) is 8.71. The number of hydrogen-bond donors (Lipinski definition) is 1. The van der Waals surface area contributed by atoms with Gasteiger partial charge in [-0.25, -0.2) is 0 Å². The molecule has 1 saturated heterocycles. The second-order valence-electron chi connectivity index (χ2n) is 6.30. The van der Waals surface area contributed by atoms with Gasteiger partial charge in [0.05, 0.1) is 0 Å². The van der Waals surface area contributed by atoms with Gasteiger partial charge < -0.3 is 5.32 Å². The molecule has 1 aliphatic rings. The minimum absolute atomic E-state index is 0.414. The number of allylic oxidation sites excluding steroid dienone is 1. The zero-order valence-corrected chi connectivity index (χ0v) is 15.0. The van der Waals surface area contributed by atoms with Crippen LogP contribution in [0, 0.1) is 0 Å². The van der Waals surface area contributed by atoms with Gasteiger partial charge in [0.1, 0.15) is 0 Å². The zero-order valence-electron chi connectivity index (χ0n) is 13.4. The molecule has 1 aromatic rings. The number of nitrogens with one attached hydrogen (secondary N) is 1. The molecule has 116 valence electrons. The fourth-order valence-electron chi connectivity index (χ4n) is 2.82. The number of likely N-dealkylation sites (tertiary alicyclic amines) is 1. The molecular formula is C18H27BrN2. The molecule has 0 bridgehead atoms. The summed E-state index contributed by atoms with van der Waals surface area (Å²) in [6, 6.07) is 9.66. The van der Waals surface area contributed by atoms with Gasteiger partial charge in [-0.15, -0.1) is 0 Å². The number of benzene rings is 1. The summed E-state index contributed by atoms with van der Waals surface area (Å²) in [6.07, 6.45) is 4.82. The number of hydrogen-bond acceptors (Lipinski definition) is 2. The SMILES string of the molecule is CC(C)=CCN1CCC(NC(C)c2cccc(Br)c2)CC1. The minimum Gasteiger partial charge on any atom is -0.307 e. The highest BCUT2D eigenvalue weighted by atomic mass is 79.9. The Morgan fingerprint density at radius 2 is 2.10 bits per heavy atom. The highest BCUT2D eigenvalue weighted by molar-refractivity contribution is 9.10.